The lowest BCUT2D eigenvalue weighted by molar-refractivity contribution is 0.0733. The highest BCUT2D eigenvalue weighted by Gasteiger charge is 2.09. The van der Waals surface area contributed by atoms with Crippen molar-refractivity contribution in [2.75, 3.05) is 0 Å². The van der Waals surface area contributed by atoms with E-state index in [0.717, 1.165) is 5.56 Å². The fourth-order valence-electron chi connectivity index (χ4n) is 1.45. The molecule has 0 unspecified atom stereocenters. The van der Waals surface area contributed by atoms with E-state index in [2.05, 4.69) is 6.07 Å². The zero-order valence-corrected chi connectivity index (χ0v) is 9.77. The summed E-state index contributed by atoms with van der Waals surface area (Å²) in [5.74, 6) is 0.0477. The lowest BCUT2D eigenvalue weighted by Crippen LogP contribution is -2.09. The molecule has 0 bridgehead atoms. The third kappa shape index (κ3) is 2.63. The van der Waals surface area contributed by atoms with E-state index in [9.17, 15) is 9.59 Å². The third-order valence-corrected chi connectivity index (χ3v) is 2.46. The maximum absolute atomic E-state index is 11.8. The van der Waals surface area contributed by atoms with Crippen molar-refractivity contribution in [3.63, 3.8) is 0 Å². The van der Waals surface area contributed by atoms with Crippen molar-refractivity contribution in [2.45, 2.75) is 6.92 Å². The molecule has 2 aromatic rings. The molecule has 0 aliphatic carbocycles. The number of esters is 1. The predicted octanol–water partition coefficient (Wildman–Crippen LogP) is 2.47. The summed E-state index contributed by atoms with van der Waals surface area (Å²) in [6, 6.07) is 14.1. The number of rotatable bonds is 3. The van der Waals surface area contributed by atoms with Gasteiger partial charge in [0.2, 0.25) is 6.29 Å². The van der Waals surface area contributed by atoms with Crippen molar-refractivity contribution in [1.29, 1.82) is 0 Å². The van der Waals surface area contributed by atoms with Crippen LogP contribution in [0.1, 0.15) is 21.5 Å². The first-order valence-corrected chi connectivity index (χ1v) is 5.38. The SMILES string of the molecule is Cc1c[c]ccc1OC(=O)c1ccc([C]=O)cc1. The summed E-state index contributed by atoms with van der Waals surface area (Å²) in [6.07, 6.45) is 1.75. The van der Waals surface area contributed by atoms with Crippen LogP contribution >= 0.6 is 0 Å². The minimum atomic E-state index is -0.457. The number of benzene rings is 2. The molecule has 88 valence electrons. The normalized spacial score (nSPS) is 9.83. The van der Waals surface area contributed by atoms with Crippen molar-refractivity contribution in [1.82, 2.24) is 0 Å². The fraction of sp³-hybridized carbons (Fsp3) is 0.0667. The quantitative estimate of drug-likeness (QED) is 0.609. The molecule has 0 heterocycles. The molecule has 0 aromatic heterocycles. The van der Waals surface area contributed by atoms with Gasteiger partial charge in [-0.05, 0) is 42.8 Å². The molecule has 2 rings (SSSR count). The van der Waals surface area contributed by atoms with Crippen LogP contribution in [0.3, 0.4) is 0 Å². The number of ether oxygens (including phenoxy) is 1. The Bertz CT molecular complexity index is 571. The van der Waals surface area contributed by atoms with Gasteiger partial charge in [0, 0.05) is 5.56 Å². The first-order valence-electron chi connectivity index (χ1n) is 5.38. The molecule has 0 aliphatic rings. The Morgan fingerprint density at radius 3 is 2.56 bits per heavy atom. The third-order valence-electron chi connectivity index (χ3n) is 2.46. The average Bonchev–Trinajstić information content (AvgIpc) is 2.41. The molecule has 0 fully saturated rings. The molecule has 0 saturated heterocycles. The molecule has 0 aliphatic heterocycles. The summed E-state index contributed by atoms with van der Waals surface area (Å²) in [5.41, 5.74) is 1.63. The highest BCUT2D eigenvalue weighted by Crippen LogP contribution is 2.17. The van der Waals surface area contributed by atoms with Crippen molar-refractivity contribution < 1.29 is 14.3 Å². The molecule has 0 amide bonds. The van der Waals surface area contributed by atoms with Crippen molar-refractivity contribution in [2.24, 2.45) is 0 Å². The monoisotopic (exact) mass is 238 g/mol. The molecule has 2 aromatic carbocycles. The first-order chi connectivity index (χ1) is 8.70. The second-order valence-electron chi connectivity index (χ2n) is 3.76. The van der Waals surface area contributed by atoms with Crippen LogP contribution in [0.15, 0.2) is 42.5 Å². The predicted molar refractivity (Wildman–Crippen MR) is 66.2 cm³/mol. The van der Waals surface area contributed by atoms with Gasteiger partial charge in [0.25, 0.3) is 0 Å². The lowest BCUT2D eigenvalue weighted by atomic mass is 10.1. The largest absolute Gasteiger partial charge is 0.423 e. The maximum Gasteiger partial charge on any atom is 0.343 e. The standard InChI is InChI=1S/C15H10O3/c1-11-4-2-3-5-14(11)18-15(17)13-8-6-12(10-16)7-9-13/h3-9H,1H3. The van der Waals surface area contributed by atoms with Crippen LogP contribution in [0, 0.1) is 13.0 Å². The van der Waals surface area contributed by atoms with E-state index < -0.39 is 5.97 Å². The Hall–Kier alpha value is -2.42. The number of hydrogen-bond donors (Lipinski definition) is 0. The number of aryl methyl sites for hydroxylation is 1. The molecule has 3 nitrogen and oxygen atoms in total. The van der Waals surface area contributed by atoms with Gasteiger partial charge < -0.3 is 4.74 Å². The topological polar surface area (TPSA) is 43.4 Å². The minimum absolute atomic E-state index is 0.390. The Balaban J connectivity index is 2.17. The number of carbonyl (C=O) groups is 1. The van der Waals surface area contributed by atoms with E-state index in [0.29, 0.717) is 16.9 Å². The number of carbonyl (C=O) groups excluding carboxylic acids is 2. The summed E-state index contributed by atoms with van der Waals surface area (Å²) in [4.78, 5) is 22.2. The van der Waals surface area contributed by atoms with Crippen molar-refractivity contribution in [3.05, 3.63) is 65.2 Å². The molecule has 18 heavy (non-hydrogen) atoms. The summed E-state index contributed by atoms with van der Waals surface area (Å²) in [6.45, 7) is 1.84. The van der Waals surface area contributed by atoms with Gasteiger partial charge in [-0.25, -0.2) is 4.79 Å². The van der Waals surface area contributed by atoms with Crippen LogP contribution in [0.2, 0.25) is 0 Å². The van der Waals surface area contributed by atoms with E-state index in [1.165, 1.54) is 24.3 Å². The number of hydrogen-bond acceptors (Lipinski definition) is 3. The molecule has 2 radical (unpaired) electrons. The maximum atomic E-state index is 11.8. The molecular weight excluding hydrogens is 228 g/mol. The summed E-state index contributed by atoms with van der Waals surface area (Å²) in [5, 5.41) is 0. The van der Waals surface area contributed by atoms with Crippen molar-refractivity contribution in [3.8, 4) is 5.75 Å². The second kappa shape index (κ2) is 5.27. The minimum Gasteiger partial charge on any atom is -0.423 e. The van der Waals surface area contributed by atoms with Crippen LogP contribution in [0.4, 0.5) is 0 Å². The Kier molecular flexibility index (Phi) is 3.53. The molecule has 0 atom stereocenters. The smallest absolute Gasteiger partial charge is 0.343 e. The first kappa shape index (κ1) is 12.0. The Morgan fingerprint density at radius 1 is 1.22 bits per heavy atom. The lowest BCUT2D eigenvalue weighted by Gasteiger charge is -2.06. The summed E-state index contributed by atoms with van der Waals surface area (Å²) >= 11 is 0. The Morgan fingerprint density at radius 2 is 1.94 bits per heavy atom. The zero-order valence-electron chi connectivity index (χ0n) is 9.77. The van der Waals surface area contributed by atoms with Gasteiger partial charge in [0.1, 0.15) is 5.75 Å². The van der Waals surface area contributed by atoms with Gasteiger partial charge in [-0.2, -0.15) is 0 Å². The van der Waals surface area contributed by atoms with Crippen LogP contribution in [-0.4, -0.2) is 12.3 Å². The van der Waals surface area contributed by atoms with Gasteiger partial charge in [-0.1, -0.05) is 18.2 Å². The summed E-state index contributed by atoms with van der Waals surface area (Å²) in [7, 11) is 0. The van der Waals surface area contributed by atoms with Crippen LogP contribution in [-0.2, 0) is 4.79 Å². The molecular formula is C15H10O3. The van der Waals surface area contributed by atoms with Crippen LogP contribution in [0.25, 0.3) is 0 Å². The van der Waals surface area contributed by atoms with Crippen molar-refractivity contribution >= 4 is 12.3 Å². The zero-order chi connectivity index (χ0) is 13.0. The Labute approximate surface area is 105 Å². The van der Waals surface area contributed by atoms with E-state index in [4.69, 9.17) is 4.74 Å². The molecule has 0 saturated carbocycles. The van der Waals surface area contributed by atoms with Crippen LogP contribution < -0.4 is 4.74 Å². The molecule has 0 spiro atoms. The second-order valence-corrected chi connectivity index (χ2v) is 3.76. The van der Waals surface area contributed by atoms with Gasteiger partial charge in [0.05, 0.1) is 5.56 Å². The van der Waals surface area contributed by atoms with E-state index in [-0.39, 0.29) is 0 Å². The fourth-order valence-corrected chi connectivity index (χ4v) is 1.45. The van der Waals surface area contributed by atoms with E-state index >= 15 is 0 Å². The average molecular weight is 238 g/mol. The van der Waals surface area contributed by atoms with E-state index in [1.807, 2.05) is 6.92 Å². The van der Waals surface area contributed by atoms with Gasteiger partial charge in [-0.15, -0.1) is 0 Å². The molecule has 0 N–H and O–H groups in total. The summed E-state index contributed by atoms with van der Waals surface area (Å²) < 4.78 is 5.25. The van der Waals surface area contributed by atoms with Gasteiger partial charge in [-0.3, -0.25) is 4.79 Å². The van der Waals surface area contributed by atoms with Crippen LogP contribution in [0.5, 0.6) is 5.75 Å². The van der Waals surface area contributed by atoms with Gasteiger partial charge >= 0.3 is 5.97 Å². The van der Waals surface area contributed by atoms with Gasteiger partial charge in [0.15, 0.2) is 0 Å². The highest BCUT2D eigenvalue weighted by molar-refractivity contribution is 5.92. The molecule has 3 heteroatoms. The van der Waals surface area contributed by atoms with E-state index in [1.54, 1.807) is 24.5 Å². The highest BCUT2D eigenvalue weighted by atomic mass is 16.5.